The minimum atomic E-state index is -0.457. The molecule has 3 N–H and O–H groups in total. The van der Waals surface area contributed by atoms with E-state index in [2.05, 4.69) is 29.0 Å². The van der Waals surface area contributed by atoms with Crippen LogP contribution in [0.2, 0.25) is 0 Å². The minimum absolute atomic E-state index is 0.219. The second-order valence-electron chi connectivity index (χ2n) is 7.64. The van der Waals surface area contributed by atoms with E-state index in [1.165, 1.54) is 0 Å². The summed E-state index contributed by atoms with van der Waals surface area (Å²) in [7, 11) is 0. The molecule has 0 spiro atoms. The van der Waals surface area contributed by atoms with Crippen molar-refractivity contribution in [3.05, 3.63) is 36.2 Å². The maximum atomic E-state index is 11.4. The summed E-state index contributed by atoms with van der Waals surface area (Å²) in [5.74, 6) is 0.831. The molecule has 9 heteroatoms. The Morgan fingerprint density at radius 3 is 2.60 bits per heavy atom. The molecular weight excluding hydrogens is 382 g/mol. The molecule has 1 aromatic carbocycles. The molecule has 0 bridgehead atoms. The molecule has 1 aliphatic rings. The Morgan fingerprint density at radius 1 is 1.20 bits per heavy atom. The molecule has 0 atom stereocenters. The van der Waals surface area contributed by atoms with E-state index in [9.17, 15) is 4.79 Å². The monoisotopic (exact) mass is 409 g/mol. The zero-order valence-corrected chi connectivity index (χ0v) is 17.3. The van der Waals surface area contributed by atoms with E-state index in [4.69, 9.17) is 20.4 Å². The number of aromatic nitrogens is 4. The fraction of sp³-hybridized carbons (Fsp3) is 0.429. The number of carbonyl (C=O) groups excluding carboxylic acids is 1. The number of benzene rings is 1. The number of nitrogens with two attached hydrogens (primary N) is 1. The molecule has 4 rings (SSSR count). The van der Waals surface area contributed by atoms with Crippen LogP contribution in [-0.4, -0.2) is 69.7 Å². The van der Waals surface area contributed by atoms with Gasteiger partial charge >= 0.3 is 0 Å². The third kappa shape index (κ3) is 4.27. The SMILES string of the molecule is CC(C)n1cnc2c(NCCN3CCOCC3)nc(-c3ccc(C(N)=O)cc3)nc21. The Balaban J connectivity index is 1.64. The van der Waals surface area contributed by atoms with Gasteiger partial charge in [-0.2, -0.15) is 0 Å². The lowest BCUT2D eigenvalue weighted by atomic mass is 10.1. The molecule has 1 fully saturated rings. The summed E-state index contributed by atoms with van der Waals surface area (Å²) in [5, 5.41) is 3.44. The van der Waals surface area contributed by atoms with Crippen LogP contribution in [0.25, 0.3) is 22.6 Å². The van der Waals surface area contributed by atoms with Crippen LogP contribution in [-0.2, 0) is 4.74 Å². The average molecular weight is 409 g/mol. The third-order valence-electron chi connectivity index (χ3n) is 5.23. The number of primary amides is 1. The van der Waals surface area contributed by atoms with Gasteiger partial charge in [0.25, 0.3) is 0 Å². The molecule has 0 saturated carbocycles. The average Bonchev–Trinajstić information content (AvgIpc) is 3.19. The minimum Gasteiger partial charge on any atom is -0.379 e. The van der Waals surface area contributed by atoms with Crippen LogP contribution < -0.4 is 11.1 Å². The van der Waals surface area contributed by atoms with Gasteiger partial charge in [-0.15, -0.1) is 0 Å². The highest BCUT2D eigenvalue weighted by Gasteiger charge is 2.17. The number of amides is 1. The Labute approximate surface area is 175 Å². The largest absolute Gasteiger partial charge is 0.379 e. The van der Waals surface area contributed by atoms with Gasteiger partial charge in [0.05, 0.1) is 19.5 Å². The number of nitrogens with one attached hydrogen (secondary N) is 1. The number of imidazole rings is 1. The molecule has 3 heterocycles. The van der Waals surface area contributed by atoms with E-state index in [-0.39, 0.29) is 6.04 Å². The van der Waals surface area contributed by atoms with Crippen LogP contribution in [0.5, 0.6) is 0 Å². The summed E-state index contributed by atoms with van der Waals surface area (Å²) in [6.45, 7) is 9.29. The lowest BCUT2D eigenvalue weighted by Crippen LogP contribution is -2.39. The van der Waals surface area contributed by atoms with Gasteiger partial charge in [-0.1, -0.05) is 12.1 Å². The van der Waals surface area contributed by atoms with Gasteiger partial charge < -0.3 is 20.4 Å². The topological polar surface area (TPSA) is 111 Å². The summed E-state index contributed by atoms with van der Waals surface area (Å²) < 4.78 is 7.44. The van der Waals surface area contributed by atoms with Crippen LogP contribution in [0.4, 0.5) is 5.82 Å². The second-order valence-corrected chi connectivity index (χ2v) is 7.64. The summed E-state index contributed by atoms with van der Waals surface area (Å²) in [6, 6.07) is 7.23. The fourth-order valence-electron chi connectivity index (χ4n) is 3.49. The molecule has 1 saturated heterocycles. The molecule has 1 amide bonds. The van der Waals surface area contributed by atoms with Crippen molar-refractivity contribution in [1.82, 2.24) is 24.4 Å². The number of carbonyl (C=O) groups is 1. The van der Waals surface area contributed by atoms with Gasteiger partial charge in [-0.05, 0) is 26.0 Å². The Bertz CT molecular complexity index is 1020. The van der Waals surface area contributed by atoms with Crippen molar-refractivity contribution in [2.24, 2.45) is 5.73 Å². The van der Waals surface area contributed by atoms with E-state index in [0.717, 1.165) is 56.1 Å². The molecular formula is C21H27N7O2. The van der Waals surface area contributed by atoms with E-state index < -0.39 is 5.91 Å². The van der Waals surface area contributed by atoms with E-state index in [1.54, 1.807) is 18.5 Å². The predicted octanol–water partition coefficient (Wildman–Crippen LogP) is 1.92. The quantitative estimate of drug-likeness (QED) is 0.613. The standard InChI is InChI=1S/C21H27N7O2/c1-14(2)28-13-24-17-20(23-7-8-27-9-11-30-12-10-27)25-19(26-21(17)28)16-5-3-15(4-6-16)18(22)29/h3-6,13-14H,7-12H2,1-2H3,(H2,22,29)(H,23,25,26). The zero-order valence-electron chi connectivity index (χ0n) is 17.3. The van der Waals surface area contributed by atoms with Crippen molar-refractivity contribution < 1.29 is 9.53 Å². The molecule has 2 aromatic heterocycles. The Hall–Kier alpha value is -3.04. The number of hydrogen-bond donors (Lipinski definition) is 2. The third-order valence-corrected chi connectivity index (χ3v) is 5.23. The summed E-state index contributed by atoms with van der Waals surface area (Å²) in [4.78, 5) is 27.8. The number of hydrogen-bond acceptors (Lipinski definition) is 7. The molecule has 0 radical (unpaired) electrons. The van der Waals surface area contributed by atoms with Crippen LogP contribution in [0, 0.1) is 0 Å². The molecule has 9 nitrogen and oxygen atoms in total. The molecule has 0 unspecified atom stereocenters. The maximum Gasteiger partial charge on any atom is 0.248 e. The van der Waals surface area contributed by atoms with Crippen LogP contribution in [0.3, 0.4) is 0 Å². The summed E-state index contributed by atoms with van der Waals surface area (Å²) in [6.07, 6.45) is 1.80. The van der Waals surface area contributed by atoms with Crippen molar-refractivity contribution in [3.63, 3.8) is 0 Å². The van der Waals surface area contributed by atoms with Crippen molar-refractivity contribution in [2.45, 2.75) is 19.9 Å². The van der Waals surface area contributed by atoms with E-state index in [1.807, 2.05) is 16.7 Å². The first-order chi connectivity index (χ1) is 14.5. The Kier molecular flexibility index (Phi) is 5.91. The predicted molar refractivity (Wildman–Crippen MR) is 115 cm³/mol. The highest BCUT2D eigenvalue weighted by atomic mass is 16.5. The van der Waals surface area contributed by atoms with Crippen molar-refractivity contribution in [2.75, 3.05) is 44.7 Å². The first kappa shape index (κ1) is 20.2. The highest BCUT2D eigenvalue weighted by molar-refractivity contribution is 5.93. The first-order valence-corrected chi connectivity index (χ1v) is 10.2. The van der Waals surface area contributed by atoms with Crippen molar-refractivity contribution >= 4 is 22.9 Å². The number of rotatable bonds is 7. The van der Waals surface area contributed by atoms with Gasteiger partial charge in [-0.3, -0.25) is 9.69 Å². The molecule has 1 aliphatic heterocycles. The van der Waals surface area contributed by atoms with Gasteiger partial charge in [-0.25, -0.2) is 15.0 Å². The van der Waals surface area contributed by atoms with Crippen LogP contribution >= 0.6 is 0 Å². The number of nitrogens with zero attached hydrogens (tertiary/aromatic N) is 5. The van der Waals surface area contributed by atoms with E-state index >= 15 is 0 Å². The summed E-state index contributed by atoms with van der Waals surface area (Å²) >= 11 is 0. The first-order valence-electron chi connectivity index (χ1n) is 10.2. The van der Waals surface area contributed by atoms with Gasteiger partial charge in [0, 0.05) is 43.3 Å². The highest BCUT2D eigenvalue weighted by Crippen LogP contribution is 2.26. The zero-order chi connectivity index (χ0) is 21.1. The molecule has 0 aliphatic carbocycles. The number of ether oxygens (including phenoxy) is 1. The second kappa shape index (κ2) is 8.76. The smallest absolute Gasteiger partial charge is 0.248 e. The number of morpholine rings is 1. The normalized spacial score (nSPS) is 15.0. The van der Waals surface area contributed by atoms with Gasteiger partial charge in [0.1, 0.15) is 5.52 Å². The molecule has 3 aromatic rings. The summed E-state index contributed by atoms with van der Waals surface area (Å²) in [5.41, 5.74) is 8.16. The number of fused-ring (bicyclic) bond motifs is 1. The Morgan fingerprint density at radius 2 is 1.93 bits per heavy atom. The number of anilines is 1. The molecule has 158 valence electrons. The van der Waals surface area contributed by atoms with Gasteiger partial charge in [0.2, 0.25) is 5.91 Å². The van der Waals surface area contributed by atoms with E-state index in [0.29, 0.717) is 17.2 Å². The van der Waals surface area contributed by atoms with Crippen LogP contribution in [0.1, 0.15) is 30.2 Å². The van der Waals surface area contributed by atoms with Crippen molar-refractivity contribution in [3.8, 4) is 11.4 Å². The molecule has 30 heavy (non-hydrogen) atoms. The van der Waals surface area contributed by atoms with Crippen molar-refractivity contribution in [1.29, 1.82) is 0 Å². The van der Waals surface area contributed by atoms with Crippen LogP contribution in [0.15, 0.2) is 30.6 Å². The maximum absolute atomic E-state index is 11.4. The fourth-order valence-corrected chi connectivity index (χ4v) is 3.49. The lowest BCUT2D eigenvalue weighted by molar-refractivity contribution is 0.0398. The van der Waals surface area contributed by atoms with Gasteiger partial charge in [0.15, 0.2) is 17.3 Å². The lowest BCUT2D eigenvalue weighted by Gasteiger charge is -2.26.